The predicted octanol–water partition coefficient (Wildman–Crippen LogP) is 4.04. The molecule has 3 aromatic rings. The van der Waals surface area contributed by atoms with Gasteiger partial charge in [0.1, 0.15) is 16.8 Å². The van der Waals surface area contributed by atoms with Crippen LogP contribution < -0.4 is 9.64 Å². The minimum atomic E-state index is -0.726. The highest BCUT2D eigenvalue weighted by atomic mass is 32.2. The number of amides is 2. The highest BCUT2D eigenvalue weighted by Gasteiger charge is 2.41. The van der Waals surface area contributed by atoms with E-state index in [0.29, 0.717) is 33.3 Å². The third-order valence-electron chi connectivity index (χ3n) is 5.87. The molecule has 2 heterocycles. The van der Waals surface area contributed by atoms with Crippen molar-refractivity contribution in [3.05, 3.63) is 82.5 Å². The number of ether oxygens (including phenoxy) is 2. The summed E-state index contributed by atoms with van der Waals surface area (Å²) in [5.41, 5.74) is 2.67. The second-order valence-electron chi connectivity index (χ2n) is 8.53. The number of ketones is 1. The fourth-order valence-corrected chi connectivity index (χ4v) is 5.19. The maximum atomic E-state index is 13.1. The lowest BCUT2D eigenvalue weighted by Crippen LogP contribution is -2.31. The third kappa shape index (κ3) is 5.58. The van der Waals surface area contributed by atoms with Gasteiger partial charge in [-0.25, -0.2) is 14.7 Å². The highest BCUT2D eigenvalue weighted by molar-refractivity contribution is 8.00. The first kappa shape index (κ1) is 26.6. The number of hydrogen-bond donors (Lipinski definition) is 0. The number of benzene rings is 2. The molecule has 1 fully saturated rings. The van der Waals surface area contributed by atoms with Crippen molar-refractivity contribution in [2.75, 3.05) is 18.6 Å². The zero-order valence-electron chi connectivity index (χ0n) is 20.9. The van der Waals surface area contributed by atoms with E-state index in [9.17, 15) is 24.4 Å². The van der Waals surface area contributed by atoms with Gasteiger partial charge in [-0.15, -0.1) is 0 Å². The number of imide groups is 1. The summed E-state index contributed by atoms with van der Waals surface area (Å²) in [4.78, 5) is 56.1. The van der Waals surface area contributed by atoms with Crippen LogP contribution in [0, 0.1) is 25.2 Å². The standard InChI is InChI=1S/C28H23N3O6S/c1-16-11-17(2)30-26(22(16)14-29)38-24-13-25(33)31(27(24)34)20-9-7-18(8-10-20)28(35)37-15-23(32)19-5-4-6-21(12-19)36-3/h4-12,24H,13,15H2,1-3H3. The van der Waals surface area contributed by atoms with Crippen LogP contribution in [0.25, 0.3) is 0 Å². The number of pyridine rings is 1. The normalized spacial score (nSPS) is 14.8. The Kier molecular flexibility index (Phi) is 7.88. The van der Waals surface area contributed by atoms with Crippen LogP contribution in [-0.2, 0) is 14.3 Å². The molecule has 192 valence electrons. The van der Waals surface area contributed by atoms with Gasteiger partial charge < -0.3 is 9.47 Å². The van der Waals surface area contributed by atoms with Gasteiger partial charge in [-0.3, -0.25) is 14.4 Å². The van der Waals surface area contributed by atoms with Crippen molar-refractivity contribution in [2.45, 2.75) is 30.5 Å². The van der Waals surface area contributed by atoms with E-state index < -0.39 is 29.6 Å². The molecule has 2 aromatic carbocycles. The Morgan fingerprint density at radius 3 is 2.53 bits per heavy atom. The van der Waals surface area contributed by atoms with Gasteiger partial charge in [0, 0.05) is 17.7 Å². The van der Waals surface area contributed by atoms with Gasteiger partial charge in [-0.05, 0) is 61.9 Å². The molecular weight excluding hydrogens is 506 g/mol. The van der Waals surface area contributed by atoms with E-state index in [1.165, 1.54) is 31.4 Å². The highest BCUT2D eigenvalue weighted by Crippen LogP contribution is 2.35. The number of carbonyl (C=O) groups is 4. The summed E-state index contributed by atoms with van der Waals surface area (Å²) in [6.45, 7) is 3.15. The topological polar surface area (TPSA) is 127 Å². The summed E-state index contributed by atoms with van der Waals surface area (Å²) in [7, 11) is 1.49. The SMILES string of the molecule is COc1cccc(C(=O)COC(=O)c2ccc(N3C(=O)CC(Sc4nc(C)cc(C)c4C#N)C3=O)cc2)c1. The number of anilines is 1. The largest absolute Gasteiger partial charge is 0.497 e. The number of Topliss-reactive ketones (excluding diaryl/α,β-unsaturated/α-hetero) is 1. The molecule has 0 radical (unpaired) electrons. The van der Waals surface area contributed by atoms with Crippen molar-refractivity contribution in [2.24, 2.45) is 0 Å². The zero-order valence-corrected chi connectivity index (χ0v) is 21.7. The fraction of sp³-hybridized carbons (Fsp3) is 0.214. The molecule has 9 nitrogen and oxygen atoms in total. The number of aromatic nitrogens is 1. The number of hydrogen-bond acceptors (Lipinski definition) is 9. The van der Waals surface area contributed by atoms with Crippen molar-refractivity contribution >= 4 is 41.0 Å². The Balaban J connectivity index is 1.41. The Hall–Kier alpha value is -4.49. The smallest absolute Gasteiger partial charge is 0.338 e. The lowest BCUT2D eigenvalue weighted by atomic mass is 10.1. The first-order valence-electron chi connectivity index (χ1n) is 11.6. The van der Waals surface area contributed by atoms with Crippen LogP contribution in [0.5, 0.6) is 5.75 Å². The molecule has 1 atom stereocenters. The lowest BCUT2D eigenvalue weighted by molar-refractivity contribution is -0.121. The van der Waals surface area contributed by atoms with E-state index in [0.717, 1.165) is 22.2 Å². The van der Waals surface area contributed by atoms with Crippen molar-refractivity contribution < 1.29 is 28.7 Å². The molecule has 38 heavy (non-hydrogen) atoms. The molecule has 0 aliphatic carbocycles. The van der Waals surface area contributed by atoms with Gasteiger partial charge in [0.05, 0.1) is 29.2 Å². The first-order valence-corrected chi connectivity index (χ1v) is 12.5. The molecule has 10 heteroatoms. The van der Waals surface area contributed by atoms with Crippen LogP contribution in [0.4, 0.5) is 5.69 Å². The molecular formula is C28H23N3O6S. The summed E-state index contributed by atoms with van der Waals surface area (Å²) in [6.07, 6.45) is -0.0424. The van der Waals surface area contributed by atoms with Crippen LogP contribution >= 0.6 is 11.8 Å². The summed E-state index contributed by atoms with van der Waals surface area (Å²) < 4.78 is 10.2. The van der Waals surface area contributed by atoms with Gasteiger partial charge in [-0.2, -0.15) is 5.26 Å². The third-order valence-corrected chi connectivity index (χ3v) is 7.04. The molecule has 1 aliphatic rings. The maximum Gasteiger partial charge on any atom is 0.338 e. The van der Waals surface area contributed by atoms with E-state index in [4.69, 9.17) is 9.47 Å². The molecule has 0 spiro atoms. The molecule has 2 amide bonds. The molecule has 0 bridgehead atoms. The quantitative estimate of drug-likeness (QED) is 0.241. The fourth-order valence-electron chi connectivity index (χ4n) is 3.97. The van der Waals surface area contributed by atoms with Crippen LogP contribution in [0.3, 0.4) is 0 Å². The van der Waals surface area contributed by atoms with Crippen molar-refractivity contribution in [1.82, 2.24) is 4.98 Å². The van der Waals surface area contributed by atoms with Crippen molar-refractivity contribution in [3.8, 4) is 11.8 Å². The number of carbonyl (C=O) groups excluding carboxylic acids is 4. The molecule has 1 aromatic heterocycles. The monoisotopic (exact) mass is 529 g/mol. The second kappa shape index (κ2) is 11.3. The van der Waals surface area contributed by atoms with Gasteiger partial charge >= 0.3 is 5.97 Å². The number of aryl methyl sites for hydroxylation is 2. The van der Waals surface area contributed by atoms with E-state index in [1.54, 1.807) is 44.2 Å². The molecule has 1 saturated heterocycles. The Bertz CT molecular complexity index is 1480. The van der Waals surface area contributed by atoms with Gasteiger partial charge in [0.2, 0.25) is 11.8 Å². The average molecular weight is 530 g/mol. The average Bonchev–Trinajstić information content (AvgIpc) is 3.19. The van der Waals surface area contributed by atoms with Gasteiger partial charge in [-0.1, -0.05) is 23.9 Å². The summed E-state index contributed by atoms with van der Waals surface area (Å²) in [6, 6.07) is 16.2. The minimum absolute atomic E-state index is 0.0424. The number of rotatable bonds is 8. The van der Waals surface area contributed by atoms with Gasteiger partial charge in [0.25, 0.3) is 0 Å². The summed E-state index contributed by atoms with van der Waals surface area (Å²) in [5.74, 6) is -1.41. The second-order valence-corrected chi connectivity index (χ2v) is 9.72. The minimum Gasteiger partial charge on any atom is -0.497 e. The Morgan fingerprint density at radius 1 is 1.11 bits per heavy atom. The van der Waals surface area contributed by atoms with E-state index in [2.05, 4.69) is 11.1 Å². The Morgan fingerprint density at radius 2 is 1.84 bits per heavy atom. The molecule has 0 saturated carbocycles. The number of thioether (sulfide) groups is 1. The van der Waals surface area contributed by atoms with Crippen molar-refractivity contribution in [1.29, 1.82) is 5.26 Å². The van der Waals surface area contributed by atoms with Crippen LogP contribution in [0.1, 0.15) is 44.0 Å². The lowest BCUT2D eigenvalue weighted by Gasteiger charge is -2.15. The summed E-state index contributed by atoms with van der Waals surface area (Å²) in [5, 5.41) is 9.19. The van der Waals surface area contributed by atoms with Crippen molar-refractivity contribution in [3.63, 3.8) is 0 Å². The molecule has 0 N–H and O–H groups in total. The number of nitrogens with zero attached hydrogens (tertiary/aromatic N) is 3. The van der Waals surface area contributed by atoms with E-state index >= 15 is 0 Å². The van der Waals surface area contributed by atoms with Crippen LogP contribution in [-0.4, -0.2) is 47.5 Å². The number of esters is 1. The van der Waals surface area contributed by atoms with Crippen LogP contribution in [0.2, 0.25) is 0 Å². The Labute approximate surface area is 223 Å². The first-order chi connectivity index (χ1) is 18.2. The summed E-state index contributed by atoms with van der Waals surface area (Å²) >= 11 is 1.10. The van der Waals surface area contributed by atoms with Gasteiger partial charge in [0.15, 0.2) is 12.4 Å². The molecule has 1 aliphatic heterocycles. The maximum absolute atomic E-state index is 13.1. The van der Waals surface area contributed by atoms with Crippen LogP contribution in [0.15, 0.2) is 59.6 Å². The zero-order chi connectivity index (χ0) is 27.4. The van der Waals surface area contributed by atoms with E-state index in [1.807, 2.05) is 0 Å². The number of methoxy groups -OCH3 is 1. The molecule has 4 rings (SSSR count). The van der Waals surface area contributed by atoms with E-state index in [-0.39, 0.29) is 17.8 Å². The predicted molar refractivity (Wildman–Crippen MR) is 139 cm³/mol. The number of nitriles is 1. The molecule has 1 unspecified atom stereocenters.